The van der Waals surface area contributed by atoms with Gasteiger partial charge in [0.1, 0.15) is 0 Å². The summed E-state index contributed by atoms with van der Waals surface area (Å²) in [5.74, 6) is 5.12. The van der Waals surface area contributed by atoms with Crippen LogP contribution < -0.4 is 4.90 Å². The SMILES string of the molecule is CC(C)c1cccc(C(C)C)c1N1[CH-]C2(CC1(C)C)C1CC3CC(C1)CC2C3.[Au].[CH2-]S(=O)(=O)c1ccccc1. The third kappa shape index (κ3) is 5.83. The van der Waals surface area contributed by atoms with Crippen molar-refractivity contribution in [2.75, 3.05) is 4.90 Å². The Hall–Kier alpha value is -1.07. The maximum Gasteiger partial charge on any atom is 0.0493 e. The molecular weight excluding hydrogens is 683 g/mol. The Balaban J connectivity index is 0.000000273. The molecule has 2 aromatic carbocycles. The molecule has 0 atom stereocenters. The number of anilines is 1. The monoisotopic (exact) mass is 730 g/mol. The van der Waals surface area contributed by atoms with Gasteiger partial charge in [-0.05, 0) is 92.9 Å². The molecular formula is C34H47AuNO2S-2. The van der Waals surface area contributed by atoms with Crippen LogP contribution in [0.3, 0.4) is 0 Å². The van der Waals surface area contributed by atoms with Crippen LogP contribution in [0.4, 0.5) is 5.69 Å². The molecule has 219 valence electrons. The fraction of sp³-hybridized carbons (Fsp3) is 0.588. The first-order valence-electron chi connectivity index (χ1n) is 14.7. The molecule has 5 heteroatoms. The minimum absolute atomic E-state index is 0. The van der Waals surface area contributed by atoms with E-state index in [4.69, 9.17) is 0 Å². The molecule has 0 amide bonds. The van der Waals surface area contributed by atoms with Gasteiger partial charge < -0.3 is 4.90 Å². The molecule has 0 N–H and O–H groups in total. The number of hydrogen-bond donors (Lipinski definition) is 0. The Morgan fingerprint density at radius 2 is 1.31 bits per heavy atom. The maximum atomic E-state index is 10.7. The molecule has 39 heavy (non-hydrogen) atoms. The third-order valence-corrected chi connectivity index (χ3v) is 11.1. The molecule has 7 rings (SSSR count). The average molecular weight is 731 g/mol. The van der Waals surface area contributed by atoms with Gasteiger partial charge in [0.05, 0.1) is 0 Å². The number of para-hydroxylation sites is 1. The number of rotatable bonds is 4. The van der Waals surface area contributed by atoms with Gasteiger partial charge in [0.2, 0.25) is 0 Å². The molecule has 2 aromatic rings. The summed E-state index contributed by atoms with van der Waals surface area (Å²) in [7, 11) is -3.25. The zero-order valence-corrected chi connectivity index (χ0v) is 27.6. The zero-order valence-electron chi connectivity index (χ0n) is 24.6. The molecule has 1 radical (unpaired) electrons. The number of nitrogens with zero attached hydrogens (tertiary/aromatic N) is 1. The molecule has 3 nitrogen and oxygen atoms in total. The predicted octanol–water partition coefficient (Wildman–Crippen LogP) is 8.78. The van der Waals surface area contributed by atoms with E-state index in [1.165, 1.54) is 55.4 Å². The van der Waals surface area contributed by atoms with E-state index in [0.29, 0.717) is 17.3 Å². The van der Waals surface area contributed by atoms with E-state index in [1.807, 2.05) is 0 Å². The molecule has 1 saturated heterocycles. The Kier molecular flexibility index (Phi) is 8.95. The van der Waals surface area contributed by atoms with Gasteiger partial charge in [-0.2, -0.15) is 0 Å². The van der Waals surface area contributed by atoms with Crippen LogP contribution in [0.5, 0.6) is 0 Å². The Morgan fingerprint density at radius 1 is 0.821 bits per heavy atom. The molecule has 1 heterocycles. The van der Waals surface area contributed by atoms with E-state index in [1.54, 1.807) is 30.3 Å². The van der Waals surface area contributed by atoms with E-state index in [2.05, 4.69) is 77.4 Å². The third-order valence-electron chi connectivity index (χ3n) is 10.1. The van der Waals surface area contributed by atoms with Gasteiger partial charge in [-0.1, -0.05) is 82.3 Å². The second-order valence-electron chi connectivity index (χ2n) is 13.9. The Morgan fingerprint density at radius 3 is 1.72 bits per heavy atom. The standard InChI is InChI=1S/C27H40N.C7H7O2S.Au/c1-17(2)23-8-7-9-24(18(3)4)25(23)28-16-27(15-26(28,5)6)21-11-19-10-20(13-21)14-22(27)12-19;1-10(8,9)7-5-3-2-4-6-7;/h7-9,16-22H,10-15H2,1-6H3;2-6H,1H2;/q2*-1;. The second kappa shape index (κ2) is 11.3. The number of hydrogen-bond acceptors (Lipinski definition) is 3. The van der Waals surface area contributed by atoms with Gasteiger partial charge >= 0.3 is 0 Å². The van der Waals surface area contributed by atoms with E-state index in [-0.39, 0.29) is 32.8 Å². The summed E-state index contributed by atoms with van der Waals surface area (Å²) in [6.07, 6.45) is 12.0. The smallest absolute Gasteiger partial charge is 0.0493 e. The van der Waals surface area contributed by atoms with Gasteiger partial charge in [-0.15, -0.1) is 5.41 Å². The first-order chi connectivity index (χ1) is 17.8. The number of sulfone groups is 1. The first kappa shape index (κ1) is 30.9. The van der Waals surface area contributed by atoms with Crippen LogP contribution in [0.2, 0.25) is 0 Å². The molecule has 1 spiro atoms. The summed E-state index contributed by atoms with van der Waals surface area (Å²) in [5, 5.41) is 0. The van der Waals surface area contributed by atoms with Crippen molar-refractivity contribution in [2.24, 2.45) is 29.1 Å². The summed E-state index contributed by atoms with van der Waals surface area (Å²) in [6, 6.07) is 15.2. The predicted molar refractivity (Wildman–Crippen MR) is 159 cm³/mol. The van der Waals surface area contributed by atoms with Gasteiger partial charge in [-0.25, -0.2) is 12.8 Å². The molecule has 4 saturated carbocycles. The van der Waals surface area contributed by atoms with Crippen LogP contribution in [-0.2, 0) is 32.2 Å². The molecule has 5 fully saturated rings. The van der Waals surface area contributed by atoms with Crippen molar-refractivity contribution >= 4 is 15.5 Å². The van der Waals surface area contributed by atoms with E-state index >= 15 is 0 Å². The minimum atomic E-state index is -3.25. The van der Waals surface area contributed by atoms with Crippen molar-refractivity contribution in [1.29, 1.82) is 0 Å². The molecule has 5 aliphatic rings. The van der Waals surface area contributed by atoms with E-state index in [0.717, 1.165) is 23.7 Å². The van der Waals surface area contributed by atoms with E-state index < -0.39 is 9.84 Å². The molecule has 1 aliphatic heterocycles. The van der Waals surface area contributed by atoms with Crippen molar-refractivity contribution in [1.82, 2.24) is 0 Å². The zero-order chi connectivity index (χ0) is 27.5. The van der Waals surface area contributed by atoms with Crippen LogP contribution in [-0.4, -0.2) is 14.0 Å². The summed E-state index contributed by atoms with van der Waals surface area (Å²) >= 11 is 0. The summed E-state index contributed by atoms with van der Waals surface area (Å²) < 4.78 is 21.4. The van der Waals surface area contributed by atoms with Crippen LogP contribution in [0.25, 0.3) is 0 Å². The first-order valence-corrected chi connectivity index (χ1v) is 16.4. The summed E-state index contributed by atoms with van der Waals surface area (Å²) in [5.41, 5.74) is 5.30. The summed E-state index contributed by atoms with van der Waals surface area (Å²) in [6.45, 7) is 17.3. The van der Waals surface area contributed by atoms with Crippen molar-refractivity contribution in [3.8, 4) is 0 Å². The molecule has 4 bridgehead atoms. The van der Waals surface area contributed by atoms with Crippen molar-refractivity contribution < 1.29 is 30.8 Å². The van der Waals surface area contributed by atoms with Crippen LogP contribution in [0, 0.1) is 41.9 Å². The maximum absolute atomic E-state index is 10.7. The molecule has 0 aromatic heterocycles. The Labute approximate surface area is 254 Å². The van der Waals surface area contributed by atoms with Crippen molar-refractivity contribution in [2.45, 2.75) is 102 Å². The van der Waals surface area contributed by atoms with Gasteiger partial charge in [0.15, 0.2) is 0 Å². The fourth-order valence-corrected chi connectivity index (χ4v) is 9.21. The minimum Gasteiger partial charge on any atom is -0.517 e. The van der Waals surface area contributed by atoms with Gasteiger partial charge in [-0.3, -0.25) is 8.42 Å². The van der Waals surface area contributed by atoms with Crippen LogP contribution in [0.15, 0.2) is 53.4 Å². The Bertz CT molecular complexity index is 1200. The average Bonchev–Trinajstić information content (AvgIpc) is 3.13. The summed E-state index contributed by atoms with van der Waals surface area (Å²) in [4.78, 5) is 3.04. The van der Waals surface area contributed by atoms with Crippen LogP contribution in [0.1, 0.15) is 103 Å². The second-order valence-corrected chi connectivity index (χ2v) is 15.6. The van der Waals surface area contributed by atoms with Crippen LogP contribution >= 0.6 is 0 Å². The quantitative estimate of drug-likeness (QED) is 0.233. The van der Waals surface area contributed by atoms with Crippen molar-refractivity contribution in [3.05, 3.63) is 72.5 Å². The molecule has 4 aliphatic carbocycles. The van der Waals surface area contributed by atoms with Crippen molar-refractivity contribution in [3.63, 3.8) is 0 Å². The fourth-order valence-electron chi connectivity index (χ4n) is 8.64. The van der Waals surface area contributed by atoms with Gasteiger partial charge in [0.25, 0.3) is 0 Å². The largest absolute Gasteiger partial charge is 0.517 e. The normalized spacial score (nSPS) is 30.4. The van der Waals surface area contributed by atoms with E-state index in [9.17, 15) is 8.42 Å². The number of benzene rings is 2. The topological polar surface area (TPSA) is 37.4 Å². The van der Waals surface area contributed by atoms with Gasteiger partial charge in [0, 0.05) is 48.3 Å². The molecule has 0 unspecified atom stereocenters.